The molecule has 0 aliphatic heterocycles. The zero-order valence-electron chi connectivity index (χ0n) is 27.4. The van der Waals surface area contributed by atoms with Crippen molar-refractivity contribution in [1.29, 1.82) is 0 Å². The van der Waals surface area contributed by atoms with Crippen LogP contribution in [-0.4, -0.2) is 4.57 Å². The predicted molar refractivity (Wildman–Crippen MR) is 213 cm³/mol. The van der Waals surface area contributed by atoms with Crippen LogP contribution in [0.25, 0.3) is 70.9 Å². The maximum Gasteiger partial charge on any atom is 0.0562 e. The molecule has 0 bridgehead atoms. The molecule has 0 saturated carbocycles. The third-order valence-corrected chi connectivity index (χ3v) is 10.1. The first-order valence-corrected chi connectivity index (χ1v) is 17.2. The van der Waals surface area contributed by atoms with Crippen LogP contribution in [0.1, 0.15) is 0 Å². The number of para-hydroxylation sites is 3. The lowest BCUT2D eigenvalue weighted by molar-refractivity contribution is 1.18. The molecule has 10 aromatic rings. The zero-order chi connectivity index (χ0) is 33.0. The molecule has 1 aromatic heterocycles. The van der Waals surface area contributed by atoms with Gasteiger partial charge in [-0.3, -0.25) is 0 Å². The van der Waals surface area contributed by atoms with E-state index in [4.69, 9.17) is 0 Å². The van der Waals surface area contributed by atoms with Crippen LogP contribution in [0.2, 0.25) is 0 Å². The Bertz CT molecular complexity index is 2850. The summed E-state index contributed by atoms with van der Waals surface area (Å²) in [5.74, 6) is 0. The summed E-state index contributed by atoms with van der Waals surface area (Å²) < 4.78 is 2.38. The van der Waals surface area contributed by atoms with Gasteiger partial charge in [0.05, 0.1) is 16.7 Å². The molecule has 0 spiro atoms. The van der Waals surface area contributed by atoms with Gasteiger partial charge in [0.15, 0.2) is 0 Å². The topological polar surface area (TPSA) is 8.17 Å². The van der Waals surface area contributed by atoms with Crippen molar-refractivity contribution in [3.8, 4) is 16.8 Å². The Morgan fingerprint density at radius 2 is 0.920 bits per heavy atom. The number of benzene rings is 9. The molecule has 0 N–H and O–H groups in total. The minimum atomic E-state index is 1.11. The van der Waals surface area contributed by atoms with Crippen molar-refractivity contribution in [2.24, 2.45) is 0 Å². The van der Waals surface area contributed by atoms with Gasteiger partial charge in [-0.05, 0) is 104 Å². The fourth-order valence-corrected chi connectivity index (χ4v) is 7.86. The average molecular weight is 637 g/mol. The van der Waals surface area contributed by atoms with Gasteiger partial charge in [-0.2, -0.15) is 0 Å². The van der Waals surface area contributed by atoms with Gasteiger partial charge < -0.3 is 9.47 Å². The standard InChI is InChI=1S/C48H32N2/c1-3-13-37(14-4-1)49(46-20-11-21-47-48(46)44-18-9-10-19-45(44)50(47)38-15-5-2-6-16-38)39-27-22-33(23-28-39)35-25-29-41-36(32-35)26-31-42-40-17-8-7-12-34(40)24-30-43(41)42/h1-32H. The molecule has 10 rings (SSSR count). The fourth-order valence-electron chi connectivity index (χ4n) is 7.86. The van der Waals surface area contributed by atoms with E-state index in [0.29, 0.717) is 0 Å². The highest BCUT2D eigenvalue weighted by atomic mass is 15.1. The smallest absolute Gasteiger partial charge is 0.0562 e. The summed E-state index contributed by atoms with van der Waals surface area (Å²) in [4.78, 5) is 2.39. The molecule has 2 heteroatoms. The number of nitrogens with zero attached hydrogens (tertiary/aromatic N) is 2. The predicted octanol–water partition coefficient (Wildman–Crippen LogP) is 13.4. The lowest BCUT2D eigenvalue weighted by atomic mass is 9.95. The molecule has 0 amide bonds. The molecule has 9 aromatic carbocycles. The summed E-state index contributed by atoms with van der Waals surface area (Å²) in [6.07, 6.45) is 0. The van der Waals surface area contributed by atoms with Crippen LogP contribution < -0.4 is 4.90 Å². The van der Waals surface area contributed by atoms with E-state index in [2.05, 4.69) is 204 Å². The Labute approximate surface area is 290 Å². The molecule has 2 nitrogen and oxygen atoms in total. The molecular formula is C48H32N2. The number of anilines is 3. The third kappa shape index (κ3) is 4.50. The minimum absolute atomic E-state index is 1.11. The van der Waals surface area contributed by atoms with Crippen molar-refractivity contribution >= 4 is 71.2 Å². The van der Waals surface area contributed by atoms with Crippen LogP contribution >= 0.6 is 0 Å². The van der Waals surface area contributed by atoms with Crippen molar-refractivity contribution in [2.45, 2.75) is 0 Å². The molecule has 1 heterocycles. The first-order valence-electron chi connectivity index (χ1n) is 17.2. The molecule has 0 fully saturated rings. The number of rotatable bonds is 5. The van der Waals surface area contributed by atoms with Crippen molar-refractivity contribution in [2.75, 3.05) is 4.90 Å². The van der Waals surface area contributed by atoms with Crippen LogP contribution in [-0.2, 0) is 0 Å². The number of hydrogen-bond donors (Lipinski definition) is 0. The highest BCUT2D eigenvalue weighted by Crippen LogP contribution is 2.44. The van der Waals surface area contributed by atoms with E-state index in [1.165, 1.54) is 65.3 Å². The fraction of sp³-hybridized carbons (Fsp3) is 0. The average Bonchev–Trinajstić information content (AvgIpc) is 3.53. The third-order valence-electron chi connectivity index (χ3n) is 10.1. The summed E-state index contributed by atoms with van der Waals surface area (Å²) in [7, 11) is 0. The van der Waals surface area contributed by atoms with Crippen molar-refractivity contribution < 1.29 is 0 Å². The van der Waals surface area contributed by atoms with E-state index in [9.17, 15) is 0 Å². The van der Waals surface area contributed by atoms with Crippen LogP contribution in [0.5, 0.6) is 0 Å². The second-order valence-corrected chi connectivity index (χ2v) is 13.0. The van der Waals surface area contributed by atoms with Crippen molar-refractivity contribution in [1.82, 2.24) is 4.57 Å². The van der Waals surface area contributed by atoms with Crippen molar-refractivity contribution in [3.05, 3.63) is 194 Å². The highest BCUT2D eigenvalue weighted by molar-refractivity contribution is 6.18. The largest absolute Gasteiger partial charge is 0.310 e. The summed E-state index contributed by atoms with van der Waals surface area (Å²) in [6.45, 7) is 0. The maximum absolute atomic E-state index is 2.39. The van der Waals surface area contributed by atoms with Crippen molar-refractivity contribution in [3.63, 3.8) is 0 Å². The highest BCUT2D eigenvalue weighted by Gasteiger charge is 2.21. The van der Waals surface area contributed by atoms with Gasteiger partial charge in [0.1, 0.15) is 0 Å². The number of aromatic nitrogens is 1. The van der Waals surface area contributed by atoms with E-state index in [0.717, 1.165) is 22.7 Å². The number of hydrogen-bond acceptors (Lipinski definition) is 1. The van der Waals surface area contributed by atoms with Crippen LogP contribution in [0, 0.1) is 0 Å². The zero-order valence-corrected chi connectivity index (χ0v) is 27.4. The lowest BCUT2D eigenvalue weighted by Gasteiger charge is -2.26. The normalized spacial score (nSPS) is 11.6. The van der Waals surface area contributed by atoms with E-state index >= 15 is 0 Å². The minimum Gasteiger partial charge on any atom is -0.310 e. The van der Waals surface area contributed by atoms with E-state index in [1.807, 2.05) is 0 Å². The molecule has 0 saturated heterocycles. The maximum atomic E-state index is 2.39. The summed E-state index contributed by atoms with van der Waals surface area (Å²) >= 11 is 0. The Kier molecular flexibility index (Phi) is 6.53. The second kappa shape index (κ2) is 11.5. The molecule has 234 valence electrons. The van der Waals surface area contributed by atoms with Gasteiger partial charge in [-0.1, -0.05) is 133 Å². The molecule has 50 heavy (non-hydrogen) atoms. The Morgan fingerprint density at radius 3 is 1.72 bits per heavy atom. The molecule has 0 unspecified atom stereocenters. The lowest BCUT2D eigenvalue weighted by Crippen LogP contribution is -2.10. The van der Waals surface area contributed by atoms with Crippen LogP contribution in [0.4, 0.5) is 17.1 Å². The SMILES string of the molecule is c1ccc(N(c2ccc(-c3ccc4c(ccc5c6ccccc6ccc45)c3)cc2)c2cccc3c2c2ccccc2n3-c2ccccc2)cc1. The monoisotopic (exact) mass is 636 g/mol. The first kappa shape index (κ1) is 28.4. The number of fused-ring (bicyclic) bond motifs is 8. The van der Waals surface area contributed by atoms with Gasteiger partial charge in [0, 0.05) is 27.8 Å². The first-order chi connectivity index (χ1) is 24.8. The molecule has 0 aliphatic carbocycles. The summed E-state index contributed by atoms with van der Waals surface area (Å²) in [5, 5.41) is 10.2. The van der Waals surface area contributed by atoms with E-state index in [-0.39, 0.29) is 0 Å². The molecule has 0 radical (unpaired) electrons. The summed E-state index contributed by atoms with van der Waals surface area (Å²) in [6, 6.07) is 70.4. The molecule has 0 atom stereocenters. The van der Waals surface area contributed by atoms with E-state index < -0.39 is 0 Å². The Morgan fingerprint density at radius 1 is 0.340 bits per heavy atom. The molecular weight excluding hydrogens is 605 g/mol. The van der Waals surface area contributed by atoms with Gasteiger partial charge in [0.2, 0.25) is 0 Å². The van der Waals surface area contributed by atoms with Gasteiger partial charge in [0.25, 0.3) is 0 Å². The molecule has 0 aliphatic rings. The van der Waals surface area contributed by atoms with Crippen LogP contribution in [0.15, 0.2) is 194 Å². The van der Waals surface area contributed by atoms with Gasteiger partial charge in [-0.15, -0.1) is 0 Å². The van der Waals surface area contributed by atoms with Gasteiger partial charge >= 0.3 is 0 Å². The van der Waals surface area contributed by atoms with E-state index in [1.54, 1.807) is 0 Å². The summed E-state index contributed by atoms with van der Waals surface area (Å²) in [5.41, 5.74) is 9.33. The Balaban J connectivity index is 1.10. The quantitative estimate of drug-likeness (QED) is 0.171. The second-order valence-electron chi connectivity index (χ2n) is 13.0. The Hall–Kier alpha value is -6.64. The van der Waals surface area contributed by atoms with Crippen LogP contribution in [0.3, 0.4) is 0 Å². The van der Waals surface area contributed by atoms with Gasteiger partial charge in [-0.25, -0.2) is 0 Å².